The SMILES string of the molecule is CC1(C)C=NC(N)=CS1. The third kappa shape index (κ3) is 1.75. The van der Waals surface area contributed by atoms with Gasteiger partial charge in [-0.05, 0) is 13.8 Å². The Balaban J connectivity index is 2.70. The van der Waals surface area contributed by atoms with Crippen molar-refractivity contribution in [2.45, 2.75) is 18.6 Å². The van der Waals surface area contributed by atoms with Gasteiger partial charge in [-0.2, -0.15) is 0 Å². The van der Waals surface area contributed by atoms with Crippen molar-refractivity contribution in [3.63, 3.8) is 0 Å². The van der Waals surface area contributed by atoms with Crippen LogP contribution in [0, 0.1) is 0 Å². The van der Waals surface area contributed by atoms with Gasteiger partial charge in [0.2, 0.25) is 0 Å². The maximum absolute atomic E-state index is 5.40. The van der Waals surface area contributed by atoms with Gasteiger partial charge in [0.25, 0.3) is 0 Å². The van der Waals surface area contributed by atoms with Crippen LogP contribution in [0.5, 0.6) is 0 Å². The van der Waals surface area contributed by atoms with Crippen molar-refractivity contribution in [3.05, 3.63) is 11.2 Å². The Hall–Kier alpha value is -0.440. The Morgan fingerprint density at radius 1 is 1.67 bits per heavy atom. The molecule has 0 aromatic carbocycles. The van der Waals surface area contributed by atoms with Gasteiger partial charge in [0.05, 0.1) is 0 Å². The minimum Gasteiger partial charge on any atom is -0.383 e. The van der Waals surface area contributed by atoms with E-state index in [2.05, 4.69) is 18.8 Å². The number of nitrogens with two attached hydrogens (primary N) is 1. The van der Waals surface area contributed by atoms with Crippen molar-refractivity contribution in [2.75, 3.05) is 0 Å². The van der Waals surface area contributed by atoms with Crippen LogP contribution in [0.15, 0.2) is 16.2 Å². The van der Waals surface area contributed by atoms with E-state index in [-0.39, 0.29) is 4.75 Å². The Labute approximate surface area is 59.2 Å². The average molecular weight is 142 g/mol. The van der Waals surface area contributed by atoms with E-state index in [1.54, 1.807) is 11.8 Å². The fraction of sp³-hybridized carbons (Fsp3) is 0.500. The van der Waals surface area contributed by atoms with Gasteiger partial charge >= 0.3 is 0 Å². The maximum atomic E-state index is 5.40. The monoisotopic (exact) mass is 142 g/mol. The quantitative estimate of drug-likeness (QED) is 0.554. The van der Waals surface area contributed by atoms with Gasteiger partial charge in [-0.1, -0.05) is 0 Å². The first-order valence-electron chi connectivity index (χ1n) is 2.79. The summed E-state index contributed by atoms with van der Waals surface area (Å²) in [4.78, 5) is 3.98. The van der Waals surface area contributed by atoms with E-state index in [4.69, 9.17) is 5.73 Å². The molecule has 0 atom stereocenters. The molecule has 0 aliphatic carbocycles. The molecular weight excluding hydrogens is 132 g/mol. The molecule has 0 amide bonds. The lowest BCUT2D eigenvalue weighted by molar-refractivity contribution is 0.965. The summed E-state index contributed by atoms with van der Waals surface area (Å²) in [5, 5.41) is 1.88. The fourth-order valence-corrected chi connectivity index (χ4v) is 1.10. The number of thioether (sulfide) groups is 1. The average Bonchev–Trinajstić information content (AvgIpc) is 1.78. The van der Waals surface area contributed by atoms with Gasteiger partial charge in [0.15, 0.2) is 0 Å². The van der Waals surface area contributed by atoms with E-state index in [1.165, 1.54) is 0 Å². The van der Waals surface area contributed by atoms with Crippen molar-refractivity contribution < 1.29 is 0 Å². The summed E-state index contributed by atoms with van der Waals surface area (Å²) in [5.41, 5.74) is 5.40. The van der Waals surface area contributed by atoms with E-state index >= 15 is 0 Å². The topological polar surface area (TPSA) is 38.4 Å². The van der Waals surface area contributed by atoms with Gasteiger partial charge in [-0.3, -0.25) is 0 Å². The molecular formula is C6H10N2S. The van der Waals surface area contributed by atoms with Gasteiger partial charge in [0, 0.05) is 16.4 Å². The molecule has 0 radical (unpaired) electrons. The van der Waals surface area contributed by atoms with Crippen LogP contribution in [-0.2, 0) is 0 Å². The van der Waals surface area contributed by atoms with Gasteiger partial charge < -0.3 is 5.73 Å². The molecule has 0 saturated carbocycles. The molecule has 1 aliphatic rings. The zero-order valence-electron chi connectivity index (χ0n) is 5.59. The minimum absolute atomic E-state index is 0.128. The molecule has 50 valence electrons. The summed E-state index contributed by atoms with van der Waals surface area (Å²) in [6.07, 6.45) is 1.87. The molecule has 0 aromatic rings. The van der Waals surface area contributed by atoms with Crippen LogP contribution in [0.2, 0.25) is 0 Å². The van der Waals surface area contributed by atoms with E-state index in [0.29, 0.717) is 5.82 Å². The summed E-state index contributed by atoms with van der Waals surface area (Å²) in [7, 11) is 0. The fourth-order valence-electron chi connectivity index (χ4n) is 0.503. The summed E-state index contributed by atoms with van der Waals surface area (Å²) >= 11 is 1.69. The van der Waals surface area contributed by atoms with Crippen molar-refractivity contribution >= 4 is 18.0 Å². The van der Waals surface area contributed by atoms with Crippen molar-refractivity contribution in [3.8, 4) is 0 Å². The molecule has 2 N–H and O–H groups in total. The second kappa shape index (κ2) is 2.06. The third-order valence-corrected chi connectivity index (χ3v) is 2.08. The van der Waals surface area contributed by atoms with Gasteiger partial charge in [0.1, 0.15) is 5.82 Å². The largest absolute Gasteiger partial charge is 0.383 e. The molecule has 0 spiro atoms. The molecule has 0 aromatic heterocycles. The maximum Gasteiger partial charge on any atom is 0.129 e. The van der Waals surface area contributed by atoms with Crippen LogP contribution < -0.4 is 5.73 Å². The molecule has 3 heteroatoms. The zero-order chi connectivity index (χ0) is 6.91. The smallest absolute Gasteiger partial charge is 0.129 e. The van der Waals surface area contributed by atoms with E-state index < -0.39 is 0 Å². The zero-order valence-corrected chi connectivity index (χ0v) is 6.40. The highest BCUT2D eigenvalue weighted by atomic mass is 32.2. The highest BCUT2D eigenvalue weighted by Gasteiger charge is 2.16. The molecule has 0 saturated heterocycles. The number of hydrogen-bond donors (Lipinski definition) is 1. The highest BCUT2D eigenvalue weighted by molar-refractivity contribution is 8.04. The Bertz CT molecular complexity index is 170. The van der Waals surface area contributed by atoms with Crippen LogP contribution >= 0.6 is 11.8 Å². The molecule has 9 heavy (non-hydrogen) atoms. The first-order chi connectivity index (χ1) is 4.10. The van der Waals surface area contributed by atoms with E-state index in [9.17, 15) is 0 Å². The predicted octanol–water partition coefficient (Wildman–Crippen LogP) is 1.34. The summed E-state index contributed by atoms with van der Waals surface area (Å²) in [6.45, 7) is 4.20. The van der Waals surface area contributed by atoms with Crippen LogP contribution in [0.1, 0.15) is 13.8 Å². The van der Waals surface area contributed by atoms with Crippen molar-refractivity contribution in [2.24, 2.45) is 10.7 Å². The molecule has 2 nitrogen and oxygen atoms in total. The Morgan fingerprint density at radius 3 is 2.67 bits per heavy atom. The lowest BCUT2D eigenvalue weighted by Crippen LogP contribution is -2.19. The minimum atomic E-state index is 0.128. The van der Waals surface area contributed by atoms with Crippen molar-refractivity contribution in [1.29, 1.82) is 0 Å². The molecule has 1 aliphatic heterocycles. The number of aliphatic imine (C=N–C) groups is 1. The van der Waals surface area contributed by atoms with Gasteiger partial charge in [-0.15, -0.1) is 11.8 Å². The molecule has 0 fully saturated rings. The predicted molar refractivity (Wildman–Crippen MR) is 42.4 cm³/mol. The first-order valence-corrected chi connectivity index (χ1v) is 3.67. The first kappa shape index (κ1) is 6.68. The summed E-state index contributed by atoms with van der Waals surface area (Å²) in [6, 6.07) is 0. The van der Waals surface area contributed by atoms with Crippen LogP contribution in [0.4, 0.5) is 0 Å². The summed E-state index contributed by atoms with van der Waals surface area (Å²) < 4.78 is 0.128. The molecule has 1 rings (SSSR count). The second-order valence-electron chi connectivity index (χ2n) is 2.52. The lowest BCUT2D eigenvalue weighted by Gasteiger charge is -2.18. The highest BCUT2D eigenvalue weighted by Crippen LogP contribution is 2.27. The van der Waals surface area contributed by atoms with Gasteiger partial charge in [-0.25, -0.2) is 4.99 Å². The van der Waals surface area contributed by atoms with Crippen molar-refractivity contribution in [1.82, 2.24) is 0 Å². The van der Waals surface area contributed by atoms with Crippen LogP contribution in [0.25, 0.3) is 0 Å². The van der Waals surface area contributed by atoms with Crippen LogP contribution in [0.3, 0.4) is 0 Å². The molecule has 1 heterocycles. The molecule has 0 unspecified atom stereocenters. The standard InChI is InChI=1S/C6H10N2S/c1-6(2)4-8-5(7)3-9-6/h3-4H,7H2,1-2H3. The molecule has 0 bridgehead atoms. The normalized spacial score (nSPS) is 23.6. The Morgan fingerprint density at radius 2 is 2.33 bits per heavy atom. The Kier molecular flexibility index (Phi) is 1.53. The number of nitrogens with zero attached hydrogens (tertiary/aromatic N) is 1. The summed E-state index contributed by atoms with van der Waals surface area (Å²) in [5.74, 6) is 0.610. The lowest BCUT2D eigenvalue weighted by atomic mass is 10.2. The van der Waals surface area contributed by atoms with Crippen LogP contribution in [-0.4, -0.2) is 11.0 Å². The number of hydrogen-bond acceptors (Lipinski definition) is 3. The number of rotatable bonds is 0. The third-order valence-electron chi connectivity index (χ3n) is 1.01. The second-order valence-corrected chi connectivity index (χ2v) is 4.05. The van der Waals surface area contributed by atoms with E-state index in [0.717, 1.165) is 0 Å². The van der Waals surface area contributed by atoms with E-state index in [1.807, 2.05) is 11.6 Å².